The highest BCUT2D eigenvalue weighted by molar-refractivity contribution is 7.98. The molecule has 1 amide bonds. The number of amides is 1. The monoisotopic (exact) mass is 283 g/mol. The molecule has 104 valence electrons. The maximum absolute atomic E-state index is 12.2. The molecule has 0 radical (unpaired) electrons. The summed E-state index contributed by atoms with van der Waals surface area (Å²) in [4.78, 5) is 29.9. The van der Waals surface area contributed by atoms with Gasteiger partial charge in [-0.1, -0.05) is 6.92 Å². The summed E-state index contributed by atoms with van der Waals surface area (Å²) in [6, 6.07) is 0. The van der Waals surface area contributed by atoms with Gasteiger partial charge in [-0.25, -0.2) is 4.79 Å². The van der Waals surface area contributed by atoms with Crippen molar-refractivity contribution in [3.8, 4) is 0 Å². The Labute approximate surface area is 115 Å². The molecule has 1 fully saturated rings. The summed E-state index contributed by atoms with van der Waals surface area (Å²) in [5.41, 5.74) is 0.559. The number of carbonyl (C=O) groups excluding carboxylic acids is 1. The van der Waals surface area contributed by atoms with Crippen LogP contribution >= 0.6 is 11.8 Å². The minimum absolute atomic E-state index is 0.0126. The minimum atomic E-state index is -0.433. The highest BCUT2D eigenvalue weighted by atomic mass is 32.2. The van der Waals surface area contributed by atoms with Crippen LogP contribution in [-0.4, -0.2) is 41.9 Å². The molecule has 0 atom stereocenters. The largest absolute Gasteiger partial charge is 0.380 e. The number of H-pyrrole nitrogens is 1. The van der Waals surface area contributed by atoms with Gasteiger partial charge in [-0.3, -0.25) is 4.79 Å². The van der Waals surface area contributed by atoms with E-state index in [2.05, 4.69) is 22.2 Å². The average Bonchev–Trinajstić information content (AvgIpc) is 2.32. The molecular formula is C12H17N3O3S. The zero-order chi connectivity index (χ0) is 14.0. The second kappa shape index (κ2) is 5.34. The molecule has 19 heavy (non-hydrogen) atoms. The SMILES string of the molecule is CSc1nc(=O)[nH]c(C)c1C(=O)NCC1(C)COC1. The molecule has 2 heterocycles. The van der Waals surface area contributed by atoms with Crippen LogP contribution in [0.2, 0.25) is 0 Å². The lowest BCUT2D eigenvalue weighted by Crippen LogP contribution is -2.48. The number of thioether (sulfide) groups is 1. The highest BCUT2D eigenvalue weighted by Gasteiger charge is 2.34. The fraction of sp³-hybridized carbons (Fsp3) is 0.583. The summed E-state index contributed by atoms with van der Waals surface area (Å²) in [6.07, 6.45) is 1.79. The number of hydrogen-bond acceptors (Lipinski definition) is 5. The lowest BCUT2D eigenvalue weighted by Gasteiger charge is -2.38. The van der Waals surface area contributed by atoms with Crippen LogP contribution in [0.1, 0.15) is 23.0 Å². The van der Waals surface area contributed by atoms with Crippen molar-refractivity contribution in [1.29, 1.82) is 0 Å². The van der Waals surface area contributed by atoms with Gasteiger partial charge in [-0.05, 0) is 13.2 Å². The smallest absolute Gasteiger partial charge is 0.346 e. The molecule has 6 nitrogen and oxygen atoms in total. The third kappa shape index (κ3) is 2.98. The third-order valence-corrected chi connectivity index (χ3v) is 3.77. The fourth-order valence-electron chi connectivity index (χ4n) is 1.91. The number of aromatic amines is 1. The van der Waals surface area contributed by atoms with Crippen molar-refractivity contribution in [2.24, 2.45) is 5.41 Å². The van der Waals surface area contributed by atoms with Gasteiger partial charge >= 0.3 is 5.69 Å². The number of ether oxygens (including phenoxy) is 1. The molecule has 1 saturated heterocycles. The Bertz CT molecular complexity index is 552. The molecule has 0 spiro atoms. The molecule has 2 N–H and O–H groups in total. The first kappa shape index (κ1) is 14.1. The Morgan fingerprint density at radius 1 is 1.58 bits per heavy atom. The van der Waals surface area contributed by atoms with Gasteiger partial charge in [-0.2, -0.15) is 4.98 Å². The van der Waals surface area contributed by atoms with Crippen LogP contribution in [0.5, 0.6) is 0 Å². The van der Waals surface area contributed by atoms with E-state index in [0.717, 1.165) is 0 Å². The van der Waals surface area contributed by atoms with Gasteiger partial charge in [0.1, 0.15) is 5.03 Å². The van der Waals surface area contributed by atoms with Gasteiger partial charge in [0.25, 0.3) is 5.91 Å². The number of aryl methyl sites for hydroxylation is 1. The van der Waals surface area contributed by atoms with Crippen molar-refractivity contribution in [2.75, 3.05) is 26.0 Å². The summed E-state index contributed by atoms with van der Waals surface area (Å²) >= 11 is 1.29. The number of rotatable bonds is 4. The summed E-state index contributed by atoms with van der Waals surface area (Å²) in [5, 5.41) is 3.33. The van der Waals surface area contributed by atoms with Crippen LogP contribution in [0.25, 0.3) is 0 Å². The fourth-order valence-corrected chi connectivity index (χ4v) is 2.53. The van der Waals surface area contributed by atoms with Crippen LogP contribution in [-0.2, 0) is 4.74 Å². The van der Waals surface area contributed by atoms with E-state index in [1.807, 2.05) is 0 Å². The molecular weight excluding hydrogens is 266 g/mol. The zero-order valence-corrected chi connectivity index (χ0v) is 12.0. The van der Waals surface area contributed by atoms with E-state index in [0.29, 0.717) is 36.0 Å². The van der Waals surface area contributed by atoms with Gasteiger partial charge in [0, 0.05) is 17.7 Å². The van der Waals surface area contributed by atoms with Gasteiger partial charge in [0.2, 0.25) is 0 Å². The Morgan fingerprint density at radius 2 is 2.26 bits per heavy atom. The molecule has 1 aromatic rings. The van der Waals surface area contributed by atoms with Crippen molar-refractivity contribution < 1.29 is 9.53 Å². The zero-order valence-electron chi connectivity index (χ0n) is 11.2. The first-order valence-electron chi connectivity index (χ1n) is 5.96. The summed E-state index contributed by atoms with van der Waals surface area (Å²) in [6.45, 7) is 5.63. The van der Waals surface area contributed by atoms with Crippen LogP contribution in [0.3, 0.4) is 0 Å². The van der Waals surface area contributed by atoms with Crippen molar-refractivity contribution in [3.05, 3.63) is 21.7 Å². The molecule has 1 aliphatic rings. The predicted molar refractivity (Wildman–Crippen MR) is 72.6 cm³/mol. The Balaban J connectivity index is 2.16. The maximum atomic E-state index is 12.2. The lowest BCUT2D eigenvalue weighted by molar-refractivity contribution is -0.0978. The van der Waals surface area contributed by atoms with Crippen molar-refractivity contribution in [3.63, 3.8) is 0 Å². The molecule has 2 rings (SSSR count). The van der Waals surface area contributed by atoms with E-state index >= 15 is 0 Å². The molecule has 0 unspecified atom stereocenters. The number of carbonyl (C=O) groups is 1. The van der Waals surface area contributed by atoms with Gasteiger partial charge < -0.3 is 15.0 Å². The van der Waals surface area contributed by atoms with E-state index in [1.54, 1.807) is 13.2 Å². The van der Waals surface area contributed by atoms with Crippen LogP contribution in [0.15, 0.2) is 9.82 Å². The molecule has 0 saturated carbocycles. The summed E-state index contributed by atoms with van der Waals surface area (Å²) in [5.74, 6) is -0.210. The van der Waals surface area contributed by atoms with Crippen molar-refractivity contribution in [1.82, 2.24) is 15.3 Å². The molecule has 1 aromatic heterocycles. The summed E-state index contributed by atoms with van der Waals surface area (Å²) < 4.78 is 5.14. The van der Waals surface area contributed by atoms with Crippen molar-refractivity contribution >= 4 is 17.7 Å². The molecule has 7 heteroatoms. The van der Waals surface area contributed by atoms with Crippen LogP contribution in [0.4, 0.5) is 0 Å². The standard InChI is InChI=1S/C12H17N3O3S/c1-7-8(10(19-3)15-11(17)14-7)9(16)13-4-12(2)5-18-6-12/h4-6H2,1-3H3,(H,13,16)(H,14,15,17). The normalized spacial score (nSPS) is 16.8. The predicted octanol–water partition coefficient (Wildman–Crippen LogP) is 0.567. The molecule has 0 bridgehead atoms. The minimum Gasteiger partial charge on any atom is -0.380 e. The lowest BCUT2D eigenvalue weighted by atomic mass is 9.88. The van der Waals surface area contributed by atoms with Crippen molar-refractivity contribution in [2.45, 2.75) is 18.9 Å². The number of aromatic nitrogens is 2. The van der Waals surface area contributed by atoms with Gasteiger partial charge in [0.15, 0.2) is 0 Å². The highest BCUT2D eigenvalue weighted by Crippen LogP contribution is 2.25. The van der Waals surface area contributed by atoms with Gasteiger partial charge in [-0.15, -0.1) is 11.8 Å². The quantitative estimate of drug-likeness (QED) is 0.623. The van der Waals surface area contributed by atoms with E-state index in [-0.39, 0.29) is 11.3 Å². The summed E-state index contributed by atoms with van der Waals surface area (Å²) in [7, 11) is 0. The Kier molecular flexibility index (Phi) is 3.96. The first-order valence-corrected chi connectivity index (χ1v) is 7.18. The maximum Gasteiger partial charge on any atom is 0.346 e. The second-order valence-corrected chi connectivity index (χ2v) is 5.83. The molecule has 0 aromatic carbocycles. The Morgan fingerprint density at radius 3 is 2.79 bits per heavy atom. The van der Waals surface area contributed by atoms with E-state index in [1.165, 1.54) is 11.8 Å². The van der Waals surface area contributed by atoms with Crippen LogP contribution < -0.4 is 11.0 Å². The molecule has 0 aliphatic carbocycles. The third-order valence-electron chi connectivity index (χ3n) is 3.08. The van der Waals surface area contributed by atoms with E-state index in [4.69, 9.17) is 4.74 Å². The number of nitrogens with one attached hydrogen (secondary N) is 2. The van der Waals surface area contributed by atoms with E-state index < -0.39 is 5.69 Å². The van der Waals surface area contributed by atoms with E-state index in [9.17, 15) is 9.59 Å². The number of nitrogens with zero attached hydrogens (tertiary/aromatic N) is 1. The number of hydrogen-bond donors (Lipinski definition) is 2. The molecule has 1 aliphatic heterocycles. The average molecular weight is 283 g/mol. The first-order chi connectivity index (χ1) is 8.95. The van der Waals surface area contributed by atoms with Crippen LogP contribution in [0, 0.1) is 12.3 Å². The topological polar surface area (TPSA) is 84.1 Å². The van der Waals surface area contributed by atoms with Gasteiger partial charge in [0.05, 0.1) is 18.8 Å². The Hall–Kier alpha value is -1.34. The second-order valence-electron chi connectivity index (χ2n) is 5.04.